The number of hydrogen-bond donors (Lipinski definition) is 2. The molecule has 0 aliphatic carbocycles. The number of hydrogen-bond acceptors (Lipinski definition) is 3. The van der Waals surface area contributed by atoms with Crippen molar-refractivity contribution < 1.29 is 4.79 Å². The molecular formula is C12H10N2OS. The van der Waals surface area contributed by atoms with Gasteiger partial charge < -0.3 is 0 Å². The van der Waals surface area contributed by atoms with Crippen molar-refractivity contribution in [2.24, 2.45) is 0 Å². The normalized spacial score (nSPS) is 19.0. The van der Waals surface area contributed by atoms with E-state index in [0.717, 1.165) is 11.1 Å². The third-order valence-electron chi connectivity index (χ3n) is 2.67. The smallest absolute Gasteiger partial charge is 0.265 e. The molecule has 0 radical (unpaired) electrons. The monoisotopic (exact) mass is 230 g/mol. The van der Waals surface area contributed by atoms with E-state index in [4.69, 9.17) is 0 Å². The summed E-state index contributed by atoms with van der Waals surface area (Å²) in [5.74, 6) is -0.0663. The molecule has 1 aliphatic heterocycles. The average molecular weight is 230 g/mol. The van der Waals surface area contributed by atoms with Gasteiger partial charge in [-0.05, 0) is 23.1 Å². The van der Waals surface area contributed by atoms with E-state index in [1.165, 1.54) is 4.88 Å². The Balaban J connectivity index is 2.11. The number of fused-ring (bicyclic) bond motifs is 1. The predicted molar refractivity (Wildman–Crippen MR) is 63.2 cm³/mol. The van der Waals surface area contributed by atoms with Crippen LogP contribution in [0.2, 0.25) is 0 Å². The van der Waals surface area contributed by atoms with Crippen molar-refractivity contribution in [2.45, 2.75) is 6.04 Å². The lowest BCUT2D eigenvalue weighted by Crippen LogP contribution is -2.45. The van der Waals surface area contributed by atoms with E-state index in [9.17, 15) is 4.79 Å². The summed E-state index contributed by atoms with van der Waals surface area (Å²) in [6, 6.07) is 11.8. The number of amides is 1. The molecular weight excluding hydrogens is 220 g/mol. The Morgan fingerprint density at radius 3 is 2.81 bits per heavy atom. The van der Waals surface area contributed by atoms with Crippen molar-refractivity contribution in [3.05, 3.63) is 57.8 Å². The first-order valence-electron chi connectivity index (χ1n) is 5.04. The molecule has 3 nitrogen and oxygen atoms in total. The van der Waals surface area contributed by atoms with E-state index in [0.29, 0.717) is 0 Å². The molecule has 2 heterocycles. The van der Waals surface area contributed by atoms with Crippen molar-refractivity contribution >= 4 is 17.2 Å². The van der Waals surface area contributed by atoms with Gasteiger partial charge in [0.05, 0.1) is 6.04 Å². The van der Waals surface area contributed by atoms with Crippen LogP contribution in [0.15, 0.2) is 41.8 Å². The number of nitrogens with one attached hydrogen (secondary N) is 2. The van der Waals surface area contributed by atoms with E-state index >= 15 is 0 Å². The van der Waals surface area contributed by atoms with Crippen LogP contribution >= 0.6 is 11.3 Å². The summed E-state index contributed by atoms with van der Waals surface area (Å²) in [6.45, 7) is 0. The largest absolute Gasteiger partial charge is 0.287 e. The fourth-order valence-corrected chi connectivity index (χ4v) is 2.71. The van der Waals surface area contributed by atoms with Crippen LogP contribution in [0.1, 0.15) is 26.8 Å². The highest BCUT2D eigenvalue weighted by Crippen LogP contribution is 2.29. The maximum absolute atomic E-state index is 11.6. The number of carbonyl (C=O) groups excluding carboxylic acids is 1. The summed E-state index contributed by atoms with van der Waals surface area (Å²) < 4.78 is 0. The van der Waals surface area contributed by atoms with Crippen LogP contribution in [-0.2, 0) is 0 Å². The summed E-state index contributed by atoms with van der Waals surface area (Å²) in [4.78, 5) is 12.8. The Hall–Kier alpha value is -1.65. The molecule has 0 fully saturated rings. The molecule has 2 N–H and O–H groups in total. The lowest BCUT2D eigenvalue weighted by atomic mass is 9.97. The Bertz CT molecular complexity index is 522. The lowest BCUT2D eigenvalue weighted by molar-refractivity contribution is 0.0913. The van der Waals surface area contributed by atoms with Gasteiger partial charge in [0.15, 0.2) is 0 Å². The van der Waals surface area contributed by atoms with Crippen molar-refractivity contribution in [1.29, 1.82) is 0 Å². The van der Waals surface area contributed by atoms with Crippen molar-refractivity contribution in [3.63, 3.8) is 0 Å². The fourth-order valence-electron chi connectivity index (χ4n) is 1.92. The van der Waals surface area contributed by atoms with Crippen LogP contribution in [0.3, 0.4) is 0 Å². The van der Waals surface area contributed by atoms with Crippen molar-refractivity contribution in [2.75, 3.05) is 0 Å². The number of carbonyl (C=O) groups is 1. The average Bonchev–Trinajstić information content (AvgIpc) is 2.83. The van der Waals surface area contributed by atoms with Crippen LogP contribution in [0.25, 0.3) is 0 Å². The van der Waals surface area contributed by atoms with Gasteiger partial charge in [0.25, 0.3) is 5.91 Å². The molecule has 0 saturated carbocycles. The SMILES string of the molecule is O=C1NN[C@@H](c2cccs2)c2ccccc21. The quantitative estimate of drug-likeness (QED) is 0.787. The molecule has 2 aromatic rings. The van der Waals surface area contributed by atoms with E-state index in [1.54, 1.807) is 11.3 Å². The van der Waals surface area contributed by atoms with Gasteiger partial charge in [-0.15, -0.1) is 11.3 Å². The molecule has 0 bridgehead atoms. The molecule has 1 aromatic carbocycles. The van der Waals surface area contributed by atoms with Crippen LogP contribution in [0.4, 0.5) is 0 Å². The molecule has 4 heteroatoms. The van der Waals surface area contributed by atoms with Gasteiger partial charge in [-0.2, -0.15) is 0 Å². The van der Waals surface area contributed by atoms with Gasteiger partial charge >= 0.3 is 0 Å². The summed E-state index contributed by atoms with van der Waals surface area (Å²) in [6.07, 6.45) is 0. The first-order chi connectivity index (χ1) is 7.86. The van der Waals surface area contributed by atoms with Gasteiger partial charge in [0.1, 0.15) is 0 Å². The maximum Gasteiger partial charge on any atom is 0.265 e. The first-order valence-corrected chi connectivity index (χ1v) is 5.92. The zero-order valence-corrected chi connectivity index (χ0v) is 9.25. The molecule has 0 saturated heterocycles. The van der Waals surface area contributed by atoms with Gasteiger partial charge in [-0.1, -0.05) is 24.3 Å². The Morgan fingerprint density at radius 2 is 2.00 bits per heavy atom. The summed E-state index contributed by atoms with van der Waals surface area (Å²) in [5, 5.41) is 2.04. The summed E-state index contributed by atoms with van der Waals surface area (Å²) in [5.41, 5.74) is 7.52. The van der Waals surface area contributed by atoms with Crippen LogP contribution < -0.4 is 10.9 Å². The molecule has 1 aromatic heterocycles. The van der Waals surface area contributed by atoms with Gasteiger partial charge in [-0.25, -0.2) is 5.43 Å². The van der Waals surface area contributed by atoms with Gasteiger partial charge in [0.2, 0.25) is 0 Å². The number of benzene rings is 1. The minimum atomic E-state index is -0.0663. The molecule has 1 aliphatic rings. The highest BCUT2D eigenvalue weighted by molar-refractivity contribution is 7.10. The number of rotatable bonds is 1. The van der Waals surface area contributed by atoms with Crippen LogP contribution in [0, 0.1) is 0 Å². The van der Waals surface area contributed by atoms with Gasteiger partial charge in [-0.3, -0.25) is 10.2 Å². The van der Waals surface area contributed by atoms with E-state index in [2.05, 4.69) is 16.9 Å². The van der Waals surface area contributed by atoms with Gasteiger partial charge in [0, 0.05) is 10.4 Å². The summed E-state index contributed by atoms with van der Waals surface area (Å²) >= 11 is 1.68. The minimum absolute atomic E-state index is 0.0638. The molecule has 1 atom stereocenters. The fraction of sp³-hybridized carbons (Fsp3) is 0.0833. The van der Waals surface area contributed by atoms with E-state index in [1.807, 2.05) is 35.7 Å². The first kappa shape index (κ1) is 9.57. The number of thiophene rings is 1. The Kier molecular flexibility index (Phi) is 2.23. The Morgan fingerprint density at radius 1 is 1.12 bits per heavy atom. The second-order valence-corrected chi connectivity index (χ2v) is 4.61. The Labute approximate surface area is 97.1 Å². The highest BCUT2D eigenvalue weighted by atomic mass is 32.1. The number of hydrazine groups is 1. The van der Waals surface area contributed by atoms with Crippen LogP contribution in [0.5, 0.6) is 0 Å². The van der Waals surface area contributed by atoms with Crippen molar-refractivity contribution in [3.8, 4) is 0 Å². The van der Waals surface area contributed by atoms with E-state index < -0.39 is 0 Å². The highest BCUT2D eigenvalue weighted by Gasteiger charge is 2.25. The molecule has 0 spiro atoms. The van der Waals surface area contributed by atoms with Crippen molar-refractivity contribution in [1.82, 2.24) is 10.9 Å². The zero-order valence-electron chi connectivity index (χ0n) is 8.44. The molecule has 16 heavy (non-hydrogen) atoms. The second kappa shape index (κ2) is 3.73. The van der Waals surface area contributed by atoms with Crippen LogP contribution in [-0.4, -0.2) is 5.91 Å². The standard InChI is InChI=1S/C12H10N2OS/c15-12-9-5-2-1-4-8(9)11(13-14-12)10-6-3-7-16-10/h1-7,11,13H,(H,14,15)/t11-/m1/s1. The molecule has 0 unspecified atom stereocenters. The summed E-state index contributed by atoms with van der Waals surface area (Å²) in [7, 11) is 0. The zero-order chi connectivity index (χ0) is 11.0. The predicted octanol–water partition coefficient (Wildman–Crippen LogP) is 2.09. The minimum Gasteiger partial charge on any atom is -0.287 e. The lowest BCUT2D eigenvalue weighted by Gasteiger charge is -2.25. The molecule has 80 valence electrons. The maximum atomic E-state index is 11.6. The second-order valence-electron chi connectivity index (χ2n) is 3.63. The topological polar surface area (TPSA) is 41.1 Å². The third kappa shape index (κ3) is 1.43. The van der Waals surface area contributed by atoms with E-state index in [-0.39, 0.29) is 11.9 Å². The molecule has 3 rings (SSSR count). The third-order valence-corrected chi connectivity index (χ3v) is 3.61. The molecule has 1 amide bonds.